The Kier molecular flexibility index (Phi) is 3.83. The van der Waals surface area contributed by atoms with Gasteiger partial charge in [-0.1, -0.05) is 0 Å². The van der Waals surface area contributed by atoms with E-state index >= 15 is 0 Å². The van der Waals surface area contributed by atoms with Gasteiger partial charge in [0.25, 0.3) is 0 Å². The predicted molar refractivity (Wildman–Crippen MR) is 72.3 cm³/mol. The fraction of sp³-hybridized carbons (Fsp3) is 0.364. The third-order valence-corrected chi connectivity index (χ3v) is 4.75. The molecule has 2 aromatic heterocycles. The zero-order valence-corrected chi connectivity index (χ0v) is 12.5. The van der Waals surface area contributed by atoms with Gasteiger partial charge in [0.1, 0.15) is 22.7 Å². The van der Waals surface area contributed by atoms with Crippen LogP contribution in [0.2, 0.25) is 0 Å². The zero-order chi connectivity index (χ0) is 15.8. The number of hydrogen-bond donors (Lipinski definition) is 3. The summed E-state index contributed by atoms with van der Waals surface area (Å²) in [5.41, 5.74) is 0.312. The minimum absolute atomic E-state index is 0.0364. The van der Waals surface area contributed by atoms with E-state index < -0.39 is 16.0 Å². The molecule has 0 radical (unpaired) electrons. The van der Waals surface area contributed by atoms with Crippen LogP contribution in [0.3, 0.4) is 0 Å². The van der Waals surface area contributed by atoms with E-state index in [0.29, 0.717) is 5.82 Å². The maximum atomic E-state index is 12.3. The SMILES string of the molecule is Cc1[nH]c(C(=O)O)c(C)c1S(=O)(=O)NCc1nncn1C. The number of H-pyrrole nitrogens is 1. The quantitative estimate of drug-likeness (QED) is 0.709. The number of nitrogens with zero attached hydrogens (tertiary/aromatic N) is 3. The number of aromatic nitrogens is 4. The lowest BCUT2D eigenvalue weighted by atomic mass is 10.2. The van der Waals surface area contributed by atoms with Crippen LogP contribution < -0.4 is 4.72 Å². The van der Waals surface area contributed by atoms with Crippen molar-refractivity contribution < 1.29 is 18.3 Å². The average Bonchev–Trinajstić information content (AvgIpc) is 2.91. The van der Waals surface area contributed by atoms with Crippen LogP contribution in [0.4, 0.5) is 0 Å². The Labute approximate surface area is 121 Å². The number of nitrogens with one attached hydrogen (secondary N) is 2. The van der Waals surface area contributed by atoms with Crippen LogP contribution >= 0.6 is 0 Å². The fourth-order valence-corrected chi connectivity index (χ4v) is 3.47. The number of carbonyl (C=O) groups is 1. The van der Waals surface area contributed by atoms with Crippen molar-refractivity contribution in [2.45, 2.75) is 25.3 Å². The number of aromatic carboxylic acids is 1. The first kappa shape index (κ1) is 15.2. The first-order valence-electron chi connectivity index (χ1n) is 5.99. The summed E-state index contributed by atoms with van der Waals surface area (Å²) in [6.07, 6.45) is 1.46. The molecule has 0 amide bonds. The Morgan fingerprint density at radius 1 is 1.48 bits per heavy atom. The third kappa shape index (κ3) is 2.81. The van der Waals surface area contributed by atoms with Crippen molar-refractivity contribution in [2.75, 3.05) is 0 Å². The molecular formula is C11H15N5O4S. The maximum absolute atomic E-state index is 12.3. The van der Waals surface area contributed by atoms with Crippen LogP contribution in [-0.4, -0.2) is 39.2 Å². The maximum Gasteiger partial charge on any atom is 0.352 e. The molecule has 21 heavy (non-hydrogen) atoms. The number of carboxylic acid groups (broad SMARTS) is 1. The van der Waals surface area contributed by atoms with Crippen molar-refractivity contribution in [2.24, 2.45) is 7.05 Å². The second kappa shape index (κ2) is 5.30. The van der Waals surface area contributed by atoms with Crippen molar-refractivity contribution in [1.29, 1.82) is 0 Å². The van der Waals surface area contributed by atoms with E-state index in [4.69, 9.17) is 5.11 Å². The number of carboxylic acids is 1. The van der Waals surface area contributed by atoms with Gasteiger partial charge in [-0.3, -0.25) is 0 Å². The van der Waals surface area contributed by atoms with Gasteiger partial charge >= 0.3 is 5.97 Å². The lowest BCUT2D eigenvalue weighted by molar-refractivity contribution is 0.0690. The van der Waals surface area contributed by atoms with E-state index in [1.165, 1.54) is 20.2 Å². The van der Waals surface area contributed by atoms with Crippen LogP contribution in [0.5, 0.6) is 0 Å². The van der Waals surface area contributed by atoms with Gasteiger partial charge in [-0.2, -0.15) is 0 Å². The van der Waals surface area contributed by atoms with Crippen LogP contribution in [0.25, 0.3) is 0 Å². The van der Waals surface area contributed by atoms with Gasteiger partial charge in [0.15, 0.2) is 0 Å². The summed E-state index contributed by atoms with van der Waals surface area (Å²) in [5, 5.41) is 16.4. The van der Waals surface area contributed by atoms with Gasteiger partial charge < -0.3 is 14.7 Å². The zero-order valence-electron chi connectivity index (χ0n) is 11.7. The molecule has 0 aliphatic heterocycles. The molecule has 0 aromatic carbocycles. The summed E-state index contributed by atoms with van der Waals surface area (Å²) in [6.45, 7) is 2.92. The van der Waals surface area contributed by atoms with Crippen molar-refractivity contribution >= 4 is 16.0 Å². The second-order valence-corrected chi connectivity index (χ2v) is 6.27. The molecule has 0 bridgehead atoms. The molecule has 9 nitrogen and oxygen atoms in total. The monoisotopic (exact) mass is 313 g/mol. The number of hydrogen-bond acceptors (Lipinski definition) is 5. The summed E-state index contributed by atoms with van der Waals surface area (Å²) in [5.74, 6) is -0.756. The minimum atomic E-state index is -3.85. The topological polar surface area (TPSA) is 130 Å². The highest BCUT2D eigenvalue weighted by molar-refractivity contribution is 7.89. The predicted octanol–water partition coefficient (Wildman–Crippen LogP) is -0.0633. The number of aryl methyl sites for hydroxylation is 2. The molecule has 0 atom stereocenters. The smallest absolute Gasteiger partial charge is 0.352 e. The molecule has 0 aliphatic rings. The molecule has 0 fully saturated rings. The molecule has 0 aliphatic carbocycles. The van der Waals surface area contributed by atoms with Gasteiger partial charge in [0.05, 0.1) is 6.54 Å². The van der Waals surface area contributed by atoms with Gasteiger partial charge in [0.2, 0.25) is 10.0 Å². The molecule has 114 valence electrons. The minimum Gasteiger partial charge on any atom is -0.477 e. The van der Waals surface area contributed by atoms with E-state index in [0.717, 1.165) is 0 Å². The van der Waals surface area contributed by atoms with Gasteiger partial charge in [-0.25, -0.2) is 17.9 Å². The summed E-state index contributed by atoms with van der Waals surface area (Å²) < 4.78 is 28.6. The molecule has 2 heterocycles. The van der Waals surface area contributed by atoms with Crippen molar-refractivity contribution in [3.63, 3.8) is 0 Å². The van der Waals surface area contributed by atoms with E-state index in [-0.39, 0.29) is 28.4 Å². The van der Waals surface area contributed by atoms with Crippen molar-refractivity contribution in [3.8, 4) is 0 Å². The second-order valence-electron chi connectivity index (χ2n) is 4.57. The van der Waals surface area contributed by atoms with Crippen LogP contribution in [0.1, 0.15) is 27.6 Å². The lowest BCUT2D eigenvalue weighted by Gasteiger charge is -2.07. The molecular weight excluding hydrogens is 298 g/mol. The summed E-state index contributed by atoms with van der Waals surface area (Å²) in [6, 6.07) is 0. The normalized spacial score (nSPS) is 11.8. The van der Waals surface area contributed by atoms with E-state index in [9.17, 15) is 13.2 Å². The fourth-order valence-electron chi connectivity index (χ4n) is 2.05. The van der Waals surface area contributed by atoms with E-state index in [1.807, 2.05) is 0 Å². The van der Waals surface area contributed by atoms with Gasteiger partial charge in [-0.15, -0.1) is 10.2 Å². The van der Waals surface area contributed by atoms with Crippen LogP contribution in [-0.2, 0) is 23.6 Å². The highest BCUT2D eigenvalue weighted by Crippen LogP contribution is 2.23. The average molecular weight is 313 g/mol. The first-order valence-corrected chi connectivity index (χ1v) is 7.47. The number of sulfonamides is 1. The Hall–Kier alpha value is -2.20. The third-order valence-electron chi connectivity index (χ3n) is 3.08. The highest BCUT2D eigenvalue weighted by atomic mass is 32.2. The Morgan fingerprint density at radius 3 is 2.62 bits per heavy atom. The summed E-state index contributed by atoms with van der Waals surface area (Å²) in [4.78, 5) is 13.6. The summed E-state index contributed by atoms with van der Waals surface area (Å²) >= 11 is 0. The Balaban J connectivity index is 2.32. The molecule has 3 N–H and O–H groups in total. The molecule has 0 spiro atoms. The Bertz CT molecular complexity index is 790. The molecule has 0 saturated carbocycles. The van der Waals surface area contributed by atoms with Crippen molar-refractivity contribution in [3.05, 3.63) is 29.1 Å². The number of rotatable bonds is 5. The van der Waals surface area contributed by atoms with E-state index in [1.54, 1.807) is 11.6 Å². The molecule has 0 unspecified atom stereocenters. The van der Waals surface area contributed by atoms with Gasteiger partial charge in [-0.05, 0) is 13.8 Å². The van der Waals surface area contributed by atoms with Crippen LogP contribution in [0, 0.1) is 13.8 Å². The molecule has 0 saturated heterocycles. The first-order chi connectivity index (χ1) is 9.74. The number of aromatic amines is 1. The molecule has 2 aromatic rings. The largest absolute Gasteiger partial charge is 0.477 e. The van der Waals surface area contributed by atoms with Crippen molar-refractivity contribution in [1.82, 2.24) is 24.5 Å². The van der Waals surface area contributed by atoms with E-state index in [2.05, 4.69) is 19.9 Å². The molecule has 10 heteroatoms. The lowest BCUT2D eigenvalue weighted by Crippen LogP contribution is -2.25. The summed E-state index contributed by atoms with van der Waals surface area (Å²) in [7, 11) is -2.16. The standard InChI is InChI=1S/C11H15N5O4S/c1-6-9(11(17)18)14-7(2)10(6)21(19,20)13-4-8-15-12-5-16(8)3/h5,13-14H,4H2,1-3H3,(H,17,18). The Morgan fingerprint density at radius 2 is 2.14 bits per heavy atom. The molecule has 2 rings (SSSR count). The highest BCUT2D eigenvalue weighted by Gasteiger charge is 2.26. The van der Waals surface area contributed by atoms with Gasteiger partial charge in [0, 0.05) is 18.3 Å². The van der Waals surface area contributed by atoms with Crippen LogP contribution in [0.15, 0.2) is 11.2 Å².